The summed E-state index contributed by atoms with van der Waals surface area (Å²) in [7, 11) is -3.83. The van der Waals surface area contributed by atoms with Gasteiger partial charge in [0.1, 0.15) is 0 Å². The molecule has 5 nitrogen and oxygen atoms in total. The van der Waals surface area contributed by atoms with Crippen LogP contribution in [-0.4, -0.2) is 26.6 Å². The Morgan fingerprint density at radius 1 is 0.879 bits per heavy atom. The first-order valence-corrected chi connectivity index (χ1v) is 13.4. The molecule has 0 aliphatic heterocycles. The minimum absolute atomic E-state index is 0.100. The third-order valence-electron chi connectivity index (χ3n) is 5.10. The van der Waals surface area contributed by atoms with Crippen molar-refractivity contribution in [1.82, 2.24) is 5.32 Å². The Morgan fingerprint density at radius 2 is 1.61 bits per heavy atom. The first-order valence-electron chi connectivity index (χ1n) is 10.8. The summed E-state index contributed by atoms with van der Waals surface area (Å²) in [5.74, 6) is 1.37. The minimum atomic E-state index is -3.83. The summed E-state index contributed by atoms with van der Waals surface area (Å²) in [5.41, 5.74) is 5.85. The van der Waals surface area contributed by atoms with Gasteiger partial charge in [-0.1, -0.05) is 42.0 Å². The van der Waals surface area contributed by atoms with Gasteiger partial charge >= 0.3 is 0 Å². The van der Waals surface area contributed by atoms with Crippen molar-refractivity contribution in [3.8, 4) is 0 Å². The minimum Gasteiger partial charge on any atom is -0.351 e. The quantitative estimate of drug-likeness (QED) is 0.401. The lowest BCUT2D eigenvalue weighted by Gasteiger charge is -2.13. The maximum atomic E-state index is 13.0. The van der Waals surface area contributed by atoms with Crippen LogP contribution in [0.4, 0.5) is 5.69 Å². The second kappa shape index (κ2) is 10.9. The molecule has 0 unspecified atom stereocenters. The van der Waals surface area contributed by atoms with Gasteiger partial charge in [-0.15, -0.1) is 0 Å². The molecule has 0 aliphatic carbocycles. The largest absolute Gasteiger partial charge is 0.351 e. The number of carbonyl (C=O) groups excluding carboxylic acids is 1. The molecule has 0 saturated carbocycles. The zero-order valence-corrected chi connectivity index (χ0v) is 21.1. The molecule has 0 fully saturated rings. The van der Waals surface area contributed by atoms with Gasteiger partial charge in [-0.3, -0.25) is 9.52 Å². The summed E-state index contributed by atoms with van der Waals surface area (Å²) in [6, 6.07) is 18.7. The number of benzene rings is 3. The fourth-order valence-electron chi connectivity index (χ4n) is 3.61. The predicted octanol–water partition coefficient (Wildman–Crippen LogP) is 5.38. The smallest absolute Gasteiger partial charge is 0.262 e. The fraction of sp³-hybridized carbons (Fsp3) is 0.269. The number of anilines is 1. The lowest BCUT2D eigenvalue weighted by Crippen LogP contribution is -2.26. The number of hydrogen-bond acceptors (Lipinski definition) is 4. The van der Waals surface area contributed by atoms with E-state index in [-0.39, 0.29) is 10.8 Å². The average Bonchev–Trinajstić information content (AvgIpc) is 2.72. The molecule has 0 radical (unpaired) electrons. The number of sulfonamides is 1. The number of hydrogen-bond donors (Lipinski definition) is 2. The van der Waals surface area contributed by atoms with E-state index in [1.54, 1.807) is 43.0 Å². The van der Waals surface area contributed by atoms with E-state index in [0.717, 1.165) is 22.6 Å². The van der Waals surface area contributed by atoms with Crippen molar-refractivity contribution in [3.05, 3.63) is 94.0 Å². The highest BCUT2D eigenvalue weighted by molar-refractivity contribution is 7.98. The molecule has 3 rings (SSSR count). The monoisotopic (exact) mass is 482 g/mol. The molecule has 1 amide bonds. The lowest BCUT2D eigenvalue weighted by atomic mass is 10.1. The standard InChI is InChI=1S/C26H30N2O3S2/c1-18-6-5-7-22(13-18)17-32-11-10-27-26(29)23-9-8-21(4)25(16-23)33(30,31)28-24-14-19(2)12-20(3)15-24/h5-9,12-16,28H,10-11,17H2,1-4H3,(H,27,29). The molecule has 0 heterocycles. The SMILES string of the molecule is Cc1cccc(CSCCNC(=O)c2ccc(C)c(S(=O)(=O)Nc3cc(C)cc(C)c3)c2)c1. The number of thioether (sulfide) groups is 1. The molecule has 0 saturated heterocycles. The van der Waals surface area contributed by atoms with Crippen molar-refractivity contribution < 1.29 is 13.2 Å². The van der Waals surface area contributed by atoms with E-state index in [4.69, 9.17) is 0 Å². The van der Waals surface area contributed by atoms with Crippen molar-refractivity contribution >= 4 is 33.4 Å². The van der Waals surface area contributed by atoms with E-state index in [9.17, 15) is 13.2 Å². The molecule has 0 aromatic heterocycles. The Morgan fingerprint density at radius 3 is 2.30 bits per heavy atom. The molecule has 0 bridgehead atoms. The van der Waals surface area contributed by atoms with E-state index in [1.165, 1.54) is 17.2 Å². The van der Waals surface area contributed by atoms with Crippen LogP contribution in [0.15, 0.2) is 65.6 Å². The Kier molecular flexibility index (Phi) is 8.21. The van der Waals surface area contributed by atoms with Crippen LogP contribution < -0.4 is 10.0 Å². The van der Waals surface area contributed by atoms with E-state index in [0.29, 0.717) is 23.4 Å². The molecule has 7 heteroatoms. The average molecular weight is 483 g/mol. The van der Waals surface area contributed by atoms with Gasteiger partial charge in [-0.2, -0.15) is 11.8 Å². The van der Waals surface area contributed by atoms with Gasteiger partial charge in [0.15, 0.2) is 0 Å². The highest BCUT2D eigenvalue weighted by Gasteiger charge is 2.19. The highest BCUT2D eigenvalue weighted by Crippen LogP contribution is 2.22. The van der Waals surface area contributed by atoms with E-state index in [2.05, 4.69) is 35.2 Å². The number of carbonyl (C=O) groups is 1. The molecule has 33 heavy (non-hydrogen) atoms. The van der Waals surface area contributed by atoms with Crippen LogP contribution in [-0.2, 0) is 15.8 Å². The van der Waals surface area contributed by atoms with Crippen molar-refractivity contribution in [3.63, 3.8) is 0 Å². The number of aryl methyl sites for hydroxylation is 4. The Hall–Kier alpha value is -2.77. The topological polar surface area (TPSA) is 75.3 Å². The lowest BCUT2D eigenvalue weighted by molar-refractivity contribution is 0.0956. The van der Waals surface area contributed by atoms with Crippen LogP contribution in [0.5, 0.6) is 0 Å². The van der Waals surface area contributed by atoms with Crippen molar-refractivity contribution in [2.75, 3.05) is 17.0 Å². The van der Waals surface area contributed by atoms with Gasteiger partial charge in [0.25, 0.3) is 15.9 Å². The zero-order valence-electron chi connectivity index (χ0n) is 19.4. The first-order chi connectivity index (χ1) is 15.6. The normalized spacial score (nSPS) is 11.3. The van der Waals surface area contributed by atoms with Gasteiger partial charge < -0.3 is 5.32 Å². The Balaban J connectivity index is 1.61. The summed E-state index contributed by atoms with van der Waals surface area (Å²) >= 11 is 1.74. The number of amides is 1. The van der Waals surface area contributed by atoms with Crippen molar-refractivity contribution in [2.45, 2.75) is 38.3 Å². The van der Waals surface area contributed by atoms with Crippen LogP contribution in [0.3, 0.4) is 0 Å². The second-order valence-corrected chi connectivity index (χ2v) is 11.0. The van der Waals surface area contributed by atoms with E-state index in [1.807, 2.05) is 26.0 Å². The summed E-state index contributed by atoms with van der Waals surface area (Å²) in [4.78, 5) is 12.7. The first kappa shape index (κ1) is 24.9. The molecule has 0 spiro atoms. The maximum absolute atomic E-state index is 13.0. The molecular formula is C26H30N2O3S2. The van der Waals surface area contributed by atoms with Gasteiger partial charge in [-0.25, -0.2) is 8.42 Å². The summed E-state index contributed by atoms with van der Waals surface area (Å²) in [5, 5.41) is 2.88. The maximum Gasteiger partial charge on any atom is 0.262 e. The zero-order chi connectivity index (χ0) is 24.0. The molecule has 3 aromatic carbocycles. The summed E-state index contributed by atoms with van der Waals surface area (Å²) in [6.07, 6.45) is 0. The van der Waals surface area contributed by atoms with Crippen LogP contribution in [0, 0.1) is 27.7 Å². The van der Waals surface area contributed by atoms with E-state index < -0.39 is 10.0 Å². The highest BCUT2D eigenvalue weighted by atomic mass is 32.2. The van der Waals surface area contributed by atoms with Crippen LogP contribution in [0.25, 0.3) is 0 Å². The van der Waals surface area contributed by atoms with Gasteiger partial charge in [-0.05, 0) is 74.2 Å². The molecule has 174 valence electrons. The van der Waals surface area contributed by atoms with Crippen molar-refractivity contribution in [1.29, 1.82) is 0 Å². The Labute approximate surface area is 201 Å². The number of nitrogens with one attached hydrogen (secondary N) is 2. The molecule has 0 aliphatic rings. The van der Waals surface area contributed by atoms with Crippen molar-refractivity contribution in [2.24, 2.45) is 0 Å². The summed E-state index contributed by atoms with van der Waals surface area (Å²) < 4.78 is 28.7. The molecule has 2 N–H and O–H groups in total. The Bertz CT molecular complexity index is 1230. The third-order valence-corrected chi connectivity index (χ3v) is 7.65. The fourth-order valence-corrected chi connectivity index (χ4v) is 5.72. The summed E-state index contributed by atoms with van der Waals surface area (Å²) in [6.45, 7) is 8.13. The van der Waals surface area contributed by atoms with E-state index >= 15 is 0 Å². The van der Waals surface area contributed by atoms with Gasteiger partial charge in [0.2, 0.25) is 0 Å². The van der Waals surface area contributed by atoms with Gasteiger partial charge in [0, 0.05) is 29.3 Å². The molecule has 0 atom stereocenters. The van der Waals surface area contributed by atoms with Gasteiger partial charge in [0.05, 0.1) is 4.90 Å². The van der Waals surface area contributed by atoms with Crippen LogP contribution in [0.1, 0.15) is 38.2 Å². The molecular weight excluding hydrogens is 452 g/mol. The van der Waals surface area contributed by atoms with Crippen LogP contribution in [0.2, 0.25) is 0 Å². The molecule has 3 aromatic rings. The third kappa shape index (κ3) is 7.11. The second-order valence-electron chi connectivity index (χ2n) is 8.26. The van der Waals surface area contributed by atoms with Crippen LogP contribution >= 0.6 is 11.8 Å². The number of rotatable bonds is 9. The predicted molar refractivity (Wildman–Crippen MR) is 138 cm³/mol.